The molecule has 0 spiro atoms. The summed E-state index contributed by atoms with van der Waals surface area (Å²) in [6.07, 6.45) is 1.77. The van der Waals surface area contributed by atoms with Gasteiger partial charge in [0.2, 0.25) is 5.88 Å². The summed E-state index contributed by atoms with van der Waals surface area (Å²) in [6.45, 7) is 12.2. The number of hydrogen-bond acceptors (Lipinski definition) is 3. The molecular formula is C14H24N2O. The van der Waals surface area contributed by atoms with Crippen molar-refractivity contribution >= 4 is 0 Å². The van der Waals surface area contributed by atoms with E-state index in [1.54, 1.807) is 6.20 Å². The zero-order valence-electron chi connectivity index (χ0n) is 11.6. The lowest BCUT2D eigenvalue weighted by Crippen LogP contribution is -2.35. The molecule has 0 aliphatic heterocycles. The van der Waals surface area contributed by atoms with E-state index in [1.807, 2.05) is 6.07 Å². The first kappa shape index (κ1) is 14.0. The summed E-state index contributed by atoms with van der Waals surface area (Å²) in [7, 11) is 0. The van der Waals surface area contributed by atoms with Crippen LogP contribution in [0.1, 0.15) is 40.2 Å². The van der Waals surface area contributed by atoms with E-state index in [4.69, 9.17) is 4.74 Å². The Labute approximate surface area is 105 Å². The third-order valence-electron chi connectivity index (χ3n) is 2.21. The molecule has 1 aromatic heterocycles. The third-order valence-corrected chi connectivity index (χ3v) is 2.21. The van der Waals surface area contributed by atoms with Gasteiger partial charge in [-0.3, -0.25) is 0 Å². The highest BCUT2D eigenvalue weighted by Gasteiger charge is 2.11. The molecule has 0 unspecified atom stereocenters. The van der Waals surface area contributed by atoms with Crippen LogP contribution in [0.3, 0.4) is 0 Å². The number of hydrogen-bond donors (Lipinski definition) is 1. The van der Waals surface area contributed by atoms with Crippen molar-refractivity contribution in [3.05, 3.63) is 23.9 Å². The second-order valence-corrected chi connectivity index (χ2v) is 5.78. The van der Waals surface area contributed by atoms with Gasteiger partial charge in [-0.05, 0) is 32.8 Å². The van der Waals surface area contributed by atoms with Gasteiger partial charge in [-0.15, -0.1) is 0 Å². The van der Waals surface area contributed by atoms with Crippen LogP contribution >= 0.6 is 0 Å². The van der Waals surface area contributed by atoms with Crippen LogP contribution in [0.15, 0.2) is 18.3 Å². The SMILES string of the molecule is CC(C)COc1ncccc1CNC(C)(C)C. The quantitative estimate of drug-likeness (QED) is 0.853. The van der Waals surface area contributed by atoms with E-state index in [1.165, 1.54) is 0 Å². The van der Waals surface area contributed by atoms with E-state index >= 15 is 0 Å². The summed E-state index contributed by atoms with van der Waals surface area (Å²) in [4.78, 5) is 4.29. The van der Waals surface area contributed by atoms with Gasteiger partial charge in [0, 0.05) is 23.8 Å². The van der Waals surface area contributed by atoms with Gasteiger partial charge in [0.15, 0.2) is 0 Å². The van der Waals surface area contributed by atoms with E-state index in [-0.39, 0.29) is 5.54 Å². The summed E-state index contributed by atoms with van der Waals surface area (Å²) >= 11 is 0. The lowest BCUT2D eigenvalue weighted by Gasteiger charge is -2.21. The fraction of sp³-hybridized carbons (Fsp3) is 0.643. The van der Waals surface area contributed by atoms with Crippen LogP contribution in [0.2, 0.25) is 0 Å². The highest BCUT2D eigenvalue weighted by atomic mass is 16.5. The molecule has 3 heteroatoms. The molecule has 1 heterocycles. The van der Waals surface area contributed by atoms with Crippen LogP contribution in [-0.2, 0) is 6.54 Å². The molecule has 0 bridgehead atoms. The molecule has 1 rings (SSSR count). The molecule has 0 atom stereocenters. The Hall–Kier alpha value is -1.09. The van der Waals surface area contributed by atoms with Crippen LogP contribution in [0.25, 0.3) is 0 Å². The summed E-state index contributed by atoms with van der Waals surface area (Å²) in [5.41, 5.74) is 1.22. The monoisotopic (exact) mass is 236 g/mol. The average Bonchev–Trinajstić information content (AvgIpc) is 2.23. The lowest BCUT2D eigenvalue weighted by atomic mass is 10.1. The normalized spacial score (nSPS) is 11.9. The predicted octanol–water partition coefficient (Wildman–Crippen LogP) is 3.00. The van der Waals surface area contributed by atoms with E-state index < -0.39 is 0 Å². The molecule has 1 N–H and O–H groups in total. The van der Waals surface area contributed by atoms with Crippen LogP contribution in [0, 0.1) is 5.92 Å². The van der Waals surface area contributed by atoms with Crippen LogP contribution in [0.4, 0.5) is 0 Å². The summed E-state index contributed by atoms with van der Waals surface area (Å²) < 4.78 is 5.71. The lowest BCUT2D eigenvalue weighted by molar-refractivity contribution is 0.257. The number of nitrogens with zero attached hydrogens (tertiary/aromatic N) is 1. The van der Waals surface area contributed by atoms with Gasteiger partial charge in [-0.2, -0.15) is 0 Å². The fourth-order valence-electron chi connectivity index (χ4n) is 1.29. The van der Waals surface area contributed by atoms with Crippen molar-refractivity contribution in [1.29, 1.82) is 0 Å². The molecular weight excluding hydrogens is 212 g/mol. The predicted molar refractivity (Wildman–Crippen MR) is 71.2 cm³/mol. The topological polar surface area (TPSA) is 34.1 Å². The first-order valence-corrected chi connectivity index (χ1v) is 6.20. The minimum absolute atomic E-state index is 0.102. The summed E-state index contributed by atoms with van der Waals surface area (Å²) in [5.74, 6) is 1.26. The molecule has 3 nitrogen and oxygen atoms in total. The molecule has 1 aromatic rings. The van der Waals surface area contributed by atoms with Crippen LogP contribution in [0.5, 0.6) is 5.88 Å². The van der Waals surface area contributed by atoms with Gasteiger partial charge in [-0.1, -0.05) is 19.9 Å². The van der Waals surface area contributed by atoms with Crippen LogP contribution in [-0.4, -0.2) is 17.1 Å². The van der Waals surface area contributed by atoms with Crippen molar-refractivity contribution in [3.63, 3.8) is 0 Å². The van der Waals surface area contributed by atoms with Gasteiger partial charge in [0.25, 0.3) is 0 Å². The Morgan fingerprint density at radius 3 is 2.65 bits per heavy atom. The minimum Gasteiger partial charge on any atom is -0.477 e. The summed E-state index contributed by atoms with van der Waals surface area (Å²) in [6, 6.07) is 4.00. The van der Waals surface area contributed by atoms with Gasteiger partial charge in [0.05, 0.1) is 6.61 Å². The van der Waals surface area contributed by atoms with Crippen LogP contribution < -0.4 is 10.1 Å². The molecule has 17 heavy (non-hydrogen) atoms. The van der Waals surface area contributed by atoms with E-state index in [9.17, 15) is 0 Å². The largest absolute Gasteiger partial charge is 0.477 e. The summed E-state index contributed by atoms with van der Waals surface area (Å²) in [5, 5.41) is 3.45. The Bertz CT molecular complexity index is 342. The van der Waals surface area contributed by atoms with E-state index in [0.29, 0.717) is 12.5 Å². The average molecular weight is 236 g/mol. The van der Waals surface area contributed by atoms with Crippen molar-refractivity contribution in [2.45, 2.75) is 46.7 Å². The molecule has 0 fully saturated rings. The maximum atomic E-state index is 5.71. The molecule has 0 aliphatic carbocycles. The molecule has 0 amide bonds. The van der Waals surface area contributed by atoms with Gasteiger partial charge in [-0.25, -0.2) is 4.98 Å². The van der Waals surface area contributed by atoms with Gasteiger partial charge >= 0.3 is 0 Å². The molecule has 0 radical (unpaired) electrons. The van der Waals surface area contributed by atoms with Crippen molar-refractivity contribution in [2.24, 2.45) is 5.92 Å². The van der Waals surface area contributed by atoms with Gasteiger partial charge < -0.3 is 10.1 Å². The van der Waals surface area contributed by atoms with E-state index in [0.717, 1.165) is 18.0 Å². The molecule has 0 aliphatic rings. The van der Waals surface area contributed by atoms with E-state index in [2.05, 4.69) is 51.0 Å². The number of pyridine rings is 1. The third kappa shape index (κ3) is 5.68. The Kier molecular flexibility index (Phi) is 4.94. The Morgan fingerprint density at radius 2 is 2.06 bits per heavy atom. The maximum Gasteiger partial charge on any atom is 0.217 e. The second-order valence-electron chi connectivity index (χ2n) is 5.78. The molecule has 0 saturated carbocycles. The Balaban J connectivity index is 2.64. The zero-order chi connectivity index (χ0) is 12.9. The standard InChI is InChI=1S/C14H24N2O/c1-11(2)10-17-13-12(7-6-8-15-13)9-16-14(3,4)5/h6-8,11,16H,9-10H2,1-5H3. The van der Waals surface area contributed by atoms with Crippen molar-refractivity contribution in [1.82, 2.24) is 10.3 Å². The first-order valence-electron chi connectivity index (χ1n) is 6.20. The minimum atomic E-state index is 0.102. The number of nitrogens with one attached hydrogen (secondary N) is 1. The maximum absolute atomic E-state index is 5.71. The van der Waals surface area contributed by atoms with Gasteiger partial charge in [0.1, 0.15) is 0 Å². The second kappa shape index (κ2) is 6.01. The molecule has 0 aromatic carbocycles. The number of rotatable bonds is 5. The fourth-order valence-corrected chi connectivity index (χ4v) is 1.29. The molecule has 0 saturated heterocycles. The van der Waals surface area contributed by atoms with Crippen molar-refractivity contribution < 1.29 is 4.74 Å². The smallest absolute Gasteiger partial charge is 0.217 e. The van der Waals surface area contributed by atoms with Crippen molar-refractivity contribution in [2.75, 3.05) is 6.61 Å². The number of ether oxygens (including phenoxy) is 1. The Morgan fingerprint density at radius 1 is 1.35 bits per heavy atom. The number of aromatic nitrogens is 1. The zero-order valence-corrected chi connectivity index (χ0v) is 11.6. The molecule has 96 valence electrons. The highest BCUT2D eigenvalue weighted by Crippen LogP contribution is 2.16. The van der Waals surface area contributed by atoms with Crippen molar-refractivity contribution in [3.8, 4) is 5.88 Å². The first-order chi connectivity index (χ1) is 7.88. The highest BCUT2D eigenvalue weighted by molar-refractivity contribution is 5.25.